The van der Waals surface area contributed by atoms with Crippen LogP contribution in [0.25, 0.3) is 27.7 Å². The summed E-state index contributed by atoms with van der Waals surface area (Å²) < 4.78 is 7.36. The van der Waals surface area contributed by atoms with E-state index in [1.54, 1.807) is 12.0 Å². The number of rotatable bonds is 4. The highest BCUT2D eigenvalue weighted by atomic mass is 16.5. The van der Waals surface area contributed by atoms with Crippen molar-refractivity contribution in [1.82, 2.24) is 19.4 Å². The number of hydrogen-bond donors (Lipinski definition) is 1. The summed E-state index contributed by atoms with van der Waals surface area (Å²) in [5.41, 5.74) is 11.3. The molecule has 1 aliphatic rings. The summed E-state index contributed by atoms with van der Waals surface area (Å²) in [4.78, 5) is 22.4. The maximum Gasteiger partial charge on any atom is 0.246 e. The molecule has 2 N–H and O–H groups in total. The molecule has 29 heavy (non-hydrogen) atoms. The maximum atomic E-state index is 11.9. The number of fused-ring (bicyclic) bond motifs is 1. The van der Waals surface area contributed by atoms with Crippen molar-refractivity contribution in [2.45, 2.75) is 6.42 Å². The molecule has 0 aliphatic carbocycles. The molecule has 0 bridgehead atoms. The summed E-state index contributed by atoms with van der Waals surface area (Å²) in [6.07, 6.45) is 5.67. The van der Waals surface area contributed by atoms with E-state index in [1.165, 1.54) is 12.4 Å². The Hall–Kier alpha value is -3.61. The van der Waals surface area contributed by atoms with Gasteiger partial charge < -0.3 is 19.9 Å². The molecule has 1 aromatic carbocycles. The Morgan fingerprint density at radius 3 is 2.66 bits per heavy atom. The summed E-state index contributed by atoms with van der Waals surface area (Å²) in [6, 6.07) is 7.89. The number of anilines is 1. The average molecular weight is 389 g/mol. The molecule has 0 spiro atoms. The summed E-state index contributed by atoms with van der Waals surface area (Å²) >= 11 is 0. The molecular weight excluding hydrogens is 366 g/mol. The van der Waals surface area contributed by atoms with Crippen molar-refractivity contribution < 1.29 is 9.53 Å². The number of hydrogen-bond acceptors (Lipinski definition) is 5. The zero-order valence-electron chi connectivity index (χ0n) is 16.6. The summed E-state index contributed by atoms with van der Waals surface area (Å²) in [6.45, 7) is 4.77. The first-order chi connectivity index (χ1) is 14.0. The molecule has 148 valence electrons. The number of nitrogen functional groups attached to an aromatic ring is 1. The van der Waals surface area contributed by atoms with Crippen LogP contribution < -0.4 is 10.5 Å². The third-order valence-corrected chi connectivity index (χ3v) is 5.37. The van der Waals surface area contributed by atoms with E-state index in [0.717, 1.165) is 45.6 Å². The highest BCUT2D eigenvalue weighted by molar-refractivity contribution is 6.06. The number of amides is 1. The summed E-state index contributed by atoms with van der Waals surface area (Å²) in [5, 5.41) is 0.834. The SMILES string of the molecule is C=CC(=O)N1CC=C(c2c(-c3ccc(OC)cc3)c3c(N)ncnc3n2C)CC1. The van der Waals surface area contributed by atoms with Crippen LogP contribution >= 0.6 is 0 Å². The normalized spacial score (nSPS) is 14.0. The van der Waals surface area contributed by atoms with Crippen LogP contribution in [0.15, 0.2) is 49.3 Å². The highest BCUT2D eigenvalue weighted by Gasteiger charge is 2.25. The highest BCUT2D eigenvalue weighted by Crippen LogP contribution is 2.41. The van der Waals surface area contributed by atoms with Gasteiger partial charge in [0.2, 0.25) is 5.91 Å². The van der Waals surface area contributed by atoms with Crippen molar-refractivity contribution in [3.8, 4) is 16.9 Å². The molecule has 0 fully saturated rings. The van der Waals surface area contributed by atoms with Gasteiger partial charge in [0.1, 0.15) is 23.5 Å². The second kappa shape index (κ2) is 7.43. The van der Waals surface area contributed by atoms with Crippen molar-refractivity contribution in [2.24, 2.45) is 7.05 Å². The number of carbonyl (C=O) groups excluding carboxylic acids is 1. The van der Waals surface area contributed by atoms with Crippen molar-refractivity contribution >= 4 is 28.3 Å². The molecular formula is C22H23N5O2. The zero-order chi connectivity index (χ0) is 20.5. The van der Waals surface area contributed by atoms with E-state index in [9.17, 15) is 4.79 Å². The van der Waals surface area contributed by atoms with Crippen LogP contribution in [-0.2, 0) is 11.8 Å². The molecule has 0 saturated carbocycles. The molecule has 0 atom stereocenters. The Kier molecular flexibility index (Phi) is 4.80. The minimum Gasteiger partial charge on any atom is -0.497 e. The molecule has 7 heteroatoms. The van der Waals surface area contributed by atoms with Crippen molar-refractivity contribution in [3.05, 3.63) is 55.0 Å². The van der Waals surface area contributed by atoms with Crippen LogP contribution in [0.4, 0.5) is 5.82 Å². The monoisotopic (exact) mass is 389 g/mol. The lowest BCUT2D eigenvalue weighted by molar-refractivity contribution is -0.125. The first kappa shape index (κ1) is 18.7. The standard InChI is InChI=1S/C22H23N5O2/c1-4-17(28)27-11-9-15(10-12-27)20-18(14-5-7-16(29-3)8-6-14)19-21(23)24-13-25-22(19)26(20)2/h4-9,13H,1,10-12H2,2-3H3,(H2,23,24,25). The van der Waals surface area contributed by atoms with Crippen LogP contribution in [-0.4, -0.2) is 45.5 Å². The lowest BCUT2D eigenvalue weighted by Crippen LogP contribution is -2.33. The molecule has 3 aromatic rings. The van der Waals surface area contributed by atoms with Gasteiger partial charge in [0.15, 0.2) is 0 Å². The van der Waals surface area contributed by atoms with E-state index in [2.05, 4.69) is 27.2 Å². The Balaban J connectivity index is 1.91. The predicted octanol–water partition coefficient (Wildman–Crippen LogP) is 3.03. The van der Waals surface area contributed by atoms with Crippen molar-refractivity contribution in [1.29, 1.82) is 0 Å². The van der Waals surface area contributed by atoms with Gasteiger partial charge in [-0.25, -0.2) is 9.97 Å². The number of methoxy groups -OCH3 is 1. The zero-order valence-corrected chi connectivity index (χ0v) is 16.6. The largest absolute Gasteiger partial charge is 0.497 e. The molecule has 0 saturated heterocycles. The van der Waals surface area contributed by atoms with Gasteiger partial charge in [0, 0.05) is 25.7 Å². The van der Waals surface area contributed by atoms with Crippen LogP contribution in [0.3, 0.4) is 0 Å². The molecule has 1 aliphatic heterocycles. The van der Waals surface area contributed by atoms with Gasteiger partial charge in [-0.15, -0.1) is 0 Å². The van der Waals surface area contributed by atoms with Gasteiger partial charge in [0.05, 0.1) is 18.2 Å². The van der Waals surface area contributed by atoms with Crippen LogP contribution in [0, 0.1) is 0 Å². The average Bonchev–Trinajstić information content (AvgIpc) is 3.07. The number of carbonyl (C=O) groups is 1. The molecule has 3 heterocycles. The van der Waals surface area contributed by atoms with Gasteiger partial charge >= 0.3 is 0 Å². The molecule has 0 unspecified atom stereocenters. The van der Waals surface area contributed by atoms with Gasteiger partial charge in [-0.1, -0.05) is 24.8 Å². The predicted molar refractivity (Wildman–Crippen MR) is 114 cm³/mol. The number of nitrogens with zero attached hydrogens (tertiary/aromatic N) is 4. The van der Waals surface area contributed by atoms with E-state index in [4.69, 9.17) is 10.5 Å². The van der Waals surface area contributed by atoms with Crippen LogP contribution in [0.5, 0.6) is 5.75 Å². The number of ether oxygens (including phenoxy) is 1. The lowest BCUT2D eigenvalue weighted by Gasteiger charge is -2.26. The van der Waals surface area contributed by atoms with Gasteiger partial charge in [-0.2, -0.15) is 0 Å². The minimum atomic E-state index is -0.0529. The van der Waals surface area contributed by atoms with Gasteiger partial charge in [-0.05, 0) is 35.8 Å². The van der Waals surface area contributed by atoms with Crippen molar-refractivity contribution in [2.75, 3.05) is 25.9 Å². The second-order valence-corrected chi connectivity index (χ2v) is 6.94. The fourth-order valence-electron chi connectivity index (χ4n) is 3.90. The number of nitrogens with two attached hydrogens (primary N) is 1. The Morgan fingerprint density at radius 1 is 1.28 bits per heavy atom. The lowest BCUT2D eigenvalue weighted by atomic mass is 9.95. The van der Waals surface area contributed by atoms with Crippen LogP contribution in [0.1, 0.15) is 12.1 Å². The van der Waals surface area contributed by atoms with E-state index in [1.807, 2.05) is 31.3 Å². The second-order valence-electron chi connectivity index (χ2n) is 6.94. The van der Waals surface area contributed by atoms with E-state index < -0.39 is 0 Å². The topological polar surface area (TPSA) is 86.3 Å². The molecule has 2 aromatic heterocycles. The van der Waals surface area contributed by atoms with E-state index >= 15 is 0 Å². The molecule has 1 amide bonds. The van der Waals surface area contributed by atoms with E-state index in [-0.39, 0.29) is 5.91 Å². The first-order valence-electron chi connectivity index (χ1n) is 9.39. The maximum absolute atomic E-state index is 11.9. The summed E-state index contributed by atoms with van der Waals surface area (Å²) in [5.74, 6) is 1.18. The Labute approximate surface area is 169 Å². The van der Waals surface area contributed by atoms with E-state index in [0.29, 0.717) is 18.9 Å². The third-order valence-electron chi connectivity index (χ3n) is 5.37. The Bertz CT molecular complexity index is 1130. The van der Waals surface area contributed by atoms with Crippen molar-refractivity contribution in [3.63, 3.8) is 0 Å². The molecule has 7 nitrogen and oxygen atoms in total. The fourth-order valence-corrected chi connectivity index (χ4v) is 3.90. The summed E-state index contributed by atoms with van der Waals surface area (Å²) in [7, 11) is 3.63. The van der Waals surface area contributed by atoms with Crippen LogP contribution in [0.2, 0.25) is 0 Å². The Morgan fingerprint density at radius 2 is 2.03 bits per heavy atom. The number of benzene rings is 1. The van der Waals surface area contributed by atoms with Gasteiger partial charge in [-0.3, -0.25) is 4.79 Å². The fraction of sp³-hybridized carbons (Fsp3) is 0.227. The molecule has 4 rings (SSSR count). The minimum absolute atomic E-state index is 0.0529. The third kappa shape index (κ3) is 3.14. The molecule has 0 radical (unpaired) electrons. The quantitative estimate of drug-likeness (QED) is 0.693. The van der Waals surface area contributed by atoms with Gasteiger partial charge in [0.25, 0.3) is 0 Å². The number of aromatic nitrogens is 3. The first-order valence-corrected chi connectivity index (χ1v) is 9.39. The number of aryl methyl sites for hydroxylation is 1. The smallest absolute Gasteiger partial charge is 0.246 e.